The monoisotopic (exact) mass is 379 g/mol. The van der Waals surface area contributed by atoms with Crippen LogP contribution < -0.4 is 5.32 Å². The third kappa shape index (κ3) is 4.09. The Bertz CT molecular complexity index is 707. The van der Waals surface area contributed by atoms with Crippen LogP contribution in [0, 0.1) is 11.8 Å². The third-order valence-corrected chi connectivity index (χ3v) is 6.20. The van der Waals surface area contributed by atoms with E-state index in [9.17, 15) is 14.4 Å². The molecular weight excluding hydrogens is 354 g/mol. The Morgan fingerprint density at radius 2 is 1.96 bits per heavy atom. The van der Waals surface area contributed by atoms with Crippen molar-refractivity contribution in [1.82, 2.24) is 0 Å². The fourth-order valence-electron chi connectivity index (χ4n) is 3.32. The van der Waals surface area contributed by atoms with Crippen LogP contribution in [0.5, 0.6) is 0 Å². The predicted molar refractivity (Wildman–Crippen MR) is 98.4 cm³/mol. The number of carbonyl (C=O) groups excluding carboxylic acids is 3. The van der Waals surface area contributed by atoms with E-state index in [4.69, 9.17) is 9.47 Å². The number of thiophene rings is 1. The Hall–Kier alpha value is -1.89. The predicted octanol–water partition coefficient (Wildman–Crippen LogP) is 3.33. The van der Waals surface area contributed by atoms with Crippen molar-refractivity contribution in [3.63, 3.8) is 0 Å². The summed E-state index contributed by atoms with van der Waals surface area (Å²) in [5, 5.41) is 3.26. The van der Waals surface area contributed by atoms with Gasteiger partial charge in [0.2, 0.25) is 0 Å². The maximum absolute atomic E-state index is 12.4. The molecule has 1 aromatic rings. The fourth-order valence-corrected chi connectivity index (χ4v) is 4.73. The maximum atomic E-state index is 12.4. The minimum atomic E-state index is -0.421. The lowest BCUT2D eigenvalue weighted by molar-refractivity contribution is -0.154. The smallest absolute Gasteiger partial charge is 0.341 e. The summed E-state index contributed by atoms with van der Waals surface area (Å²) in [5.74, 6) is -0.635. The molecule has 0 aromatic carbocycles. The topological polar surface area (TPSA) is 81.7 Å². The number of anilines is 1. The molecule has 0 saturated heterocycles. The van der Waals surface area contributed by atoms with E-state index in [0.717, 1.165) is 49.0 Å². The lowest BCUT2D eigenvalue weighted by Crippen LogP contribution is -2.28. The number of esters is 2. The highest BCUT2D eigenvalue weighted by molar-refractivity contribution is 7.17. The molecule has 1 aromatic heterocycles. The van der Waals surface area contributed by atoms with E-state index in [-0.39, 0.29) is 25.1 Å². The van der Waals surface area contributed by atoms with E-state index in [1.807, 2.05) is 0 Å². The molecule has 2 aliphatic rings. The molecule has 1 N–H and O–H groups in total. The van der Waals surface area contributed by atoms with Crippen molar-refractivity contribution in [2.24, 2.45) is 11.8 Å². The first-order chi connectivity index (χ1) is 12.5. The summed E-state index contributed by atoms with van der Waals surface area (Å²) < 4.78 is 10.3. The van der Waals surface area contributed by atoms with Crippen molar-refractivity contribution < 1.29 is 23.9 Å². The number of carbonyl (C=O) groups is 3. The summed E-state index contributed by atoms with van der Waals surface area (Å²) in [4.78, 5) is 37.5. The molecule has 0 bridgehead atoms. The quantitative estimate of drug-likeness (QED) is 0.767. The molecule has 0 spiro atoms. The molecule has 3 rings (SSSR count). The second-order valence-electron chi connectivity index (χ2n) is 7.06. The van der Waals surface area contributed by atoms with Gasteiger partial charge >= 0.3 is 11.9 Å². The normalized spacial score (nSPS) is 19.2. The van der Waals surface area contributed by atoms with Gasteiger partial charge in [0.25, 0.3) is 5.91 Å². The molecule has 1 fully saturated rings. The average Bonchev–Trinajstić information content (AvgIpc) is 2.88. The molecule has 6 nitrogen and oxygen atoms in total. The zero-order valence-electron chi connectivity index (χ0n) is 15.3. The number of fused-ring (bicyclic) bond motifs is 1. The van der Waals surface area contributed by atoms with E-state index < -0.39 is 11.9 Å². The van der Waals surface area contributed by atoms with Crippen molar-refractivity contribution in [3.8, 4) is 0 Å². The van der Waals surface area contributed by atoms with Crippen LogP contribution >= 0.6 is 11.3 Å². The summed E-state index contributed by atoms with van der Waals surface area (Å²) in [6, 6.07) is 0. The number of hydrogen-bond donors (Lipinski definition) is 1. The summed E-state index contributed by atoms with van der Waals surface area (Å²) >= 11 is 1.43. The van der Waals surface area contributed by atoms with Gasteiger partial charge in [-0.05, 0) is 50.5 Å². The Kier molecular flexibility index (Phi) is 5.96. The Labute approximate surface area is 157 Å². The molecule has 0 unspecified atom stereocenters. The van der Waals surface area contributed by atoms with Crippen molar-refractivity contribution >= 4 is 34.2 Å². The van der Waals surface area contributed by atoms with E-state index in [1.54, 1.807) is 6.92 Å². The van der Waals surface area contributed by atoms with Crippen molar-refractivity contribution in [2.75, 3.05) is 18.5 Å². The van der Waals surface area contributed by atoms with Crippen LogP contribution in [0.4, 0.5) is 5.00 Å². The van der Waals surface area contributed by atoms with E-state index in [2.05, 4.69) is 12.2 Å². The molecule has 2 aliphatic carbocycles. The number of hydrogen-bond acceptors (Lipinski definition) is 6. The van der Waals surface area contributed by atoms with Crippen LogP contribution in [-0.2, 0) is 31.9 Å². The second kappa shape index (κ2) is 8.20. The zero-order valence-corrected chi connectivity index (χ0v) is 16.1. The van der Waals surface area contributed by atoms with Crippen molar-refractivity contribution in [1.29, 1.82) is 0 Å². The summed E-state index contributed by atoms with van der Waals surface area (Å²) in [7, 11) is 0. The molecule has 0 radical (unpaired) electrons. The molecule has 7 heteroatoms. The van der Waals surface area contributed by atoms with Crippen LogP contribution in [0.3, 0.4) is 0 Å². The number of nitrogens with one attached hydrogen (secondary N) is 1. The van der Waals surface area contributed by atoms with Gasteiger partial charge in [0.05, 0.1) is 18.1 Å². The highest BCUT2D eigenvalue weighted by Gasteiger charge is 2.30. The Morgan fingerprint density at radius 1 is 1.19 bits per heavy atom. The zero-order chi connectivity index (χ0) is 18.7. The SMILES string of the molecule is CCOC(=O)c1c(NC(=O)COC(=O)C2CCC2)sc2c1CC[C@@H](C)C2. The van der Waals surface area contributed by atoms with Gasteiger partial charge < -0.3 is 14.8 Å². The van der Waals surface area contributed by atoms with E-state index in [0.29, 0.717) is 16.5 Å². The number of ether oxygens (including phenoxy) is 2. The molecule has 1 atom stereocenters. The van der Waals surface area contributed by atoms with Crippen LogP contribution in [-0.4, -0.2) is 31.1 Å². The van der Waals surface area contributed by atoms with Gasteiger partial charge in [-0.15, -0.1) is 11.3 Å². The number of rotatable bonds is 6. The highest BCUT2D eigenvalue weighted by atomic mass is 32.1. The lowest BCUT2D eigenvalue weighted by Gasteiger charge is -2.22. The Balaban J connectivity index is 1.70. The van der Waals surface area contributed by atoms with E-state index >= 15 is 0 Å². The first kappa shape index (κ1) is 18.9. The number of amides is 1. The van der Waals surface area contributed by atoms with Crippen LogP contribution in [0.2, 0.25) is 0 Å². The van der Waals surface area contributed by atoms with Gasteiger partial charge in [-0.1, -0.05) is 13.3 Å². The molecule has 1 heterocycles. The molecule has 1 amide bonds. The van der Waals surface area contributed by atoms with Gasteiger partial charge in [0, 0.05) is 4.88 Å². The first-order valence-electron chi connectivity index (χ1n) is 9.27. The molecule has 142 valence electrons. The summed E-state index contributed by atoms with van der Waals surface area (Å²) in [6.07, 6.45) is 5.44. The Morgan fingerprint density at radius 3 is 2.62 bits per heavy atom. The second-order valence-corrected chi connectivity index (χ2v) is 8.17. The molecule has 1 saturated carbocycles. The molecular formula is C19H25NO5S. The third-order valence-electron chi connectivity index (χ3n) is 5.03. The van der Waals surface area contributed by atoms with Gasteiger partial charge in [0.1, 0.15) is 5.00 Å². The lowest BCUT2D eigenvalue weighted by atomic mass is 9.86. The van der Waals surface area contributed by atoms with Gasteiger partial charge in [-0.3, -0.25) is 9.59 Å². The molecule has 0 aliphatic heterocycles. The minimum absolute atomic E-state index is 0.0616. The summed E-state index contributed by atoms with van der Waals surface area (Å²) in [5.41, 5.74) is 1.46. The standard InChI is InChI=1S/C19H25NO5S/c1-3-24-19(23)16-13-8-7-11(2)9-14(13)26-17(16)20-15(21)10-25-18(22)12-5-4-6-12/h11-12H,3-10H2,1-2H3,(H,20,21)/t11-/m1/s1. The largest absolute Gasteiger partial charge is 0.462 e. The van der Waals surface area contributed by atoms with Gasteiger partial charge in [0.15, 0.2) is 6.61 Å². The summed E-state index contributed by atoms with van der Waals surface area (Å²) in [6.45, 7) is 3.91. The highest BCUT2D eigenvalue weighted by Crippen LogP contribution is 2.40. The maximum Gasteiger partial charge on any atom is 0.341 e. The van der Waals surface area contributed by atoms with E-state index in [1.165, 1.54) is 11.3 Å². The van der Waals surface area contributed by atoms with Crippen molar-refractivity contribution in [3.05, 3.63) is 16.0 Å². The van der Waals surface area contributed by atoms with Gasteiger partial charge in [-0.25, -0.2) is 4.79 Å². The van der Waals surface area contributed by atoms with Crippen LogP contribution in [0.25, 0.3) is 0 Å². The van der Waals surface area contributed by atoms with Crippen LogP contribution in [0.15, 0.2) is 0 Å². The minimum Gasteiger partial charge on any atom is -0.462 e. The fraction of sp³-hybridized carbons (Fsp3) is 0.632. The average molecular weight is 379 g/mol. The van der Waals surface area contributed by atoms with Crippen molar-refractivity contribution in [2.45, 2.75) is 52.4 Å². The van der Waals surface area contributed by atoms with Crippen LogP contribution in [0.1, 0.15) is 60.3 Å². The first-order valence-corrected chi connectivity index (χ1v) is 10.1. The molecule has 26 heavy (non-hydrogen) atoms. The van der Waals surface area contributed by atoms with Gasteiger partial charge in [-0.2, -0.15) is 0 Å².